The maximum absolute atomic E-state index is 6.35. The Kier molecular flexibility index (Phi) is 6.81. The summed E-state index contributed by atoms with van der Waals surface area (Å²) in [6.07, 6.45) is 4.80. The van der Waals surface area contributed by atoms with Gasteiger partial charge in [-0.15, -0.1) is 0 Å². The Morgan fingerprint density at radius 2 is 2.05 bits per heavy atom. The number of nitrogens with one attached hydrogen (secondary N) is 1. The third kappa shape index (κ3) is 4.85. The van der Waals surface area contributed by atoms with E-state index in [9.17, 15) is 0 Å². The highest BCUT2D eigenvalue weighted by atomic mass is 35.5. The van der Waals surface area contributed by atoms with Crippen molar-refractivity contribution in [2.75, 3.05) is 13.2 Å². The molecule has 1 aromatic carbocycles. The zero-order valence-electron chi connectivity index (χ0n) is 12.9. The van der Waals surface area contributed by atoms with Crippen molar-refractivity contribution in [3.05, 3.63) is 33.8 Å². The summed E-state index contributed by atoms with van der Waals surface area (Å²) in [4.78, 5) is 0. The molecule has 0 radical (unpaired) electrons. The Morgan fingerprint density at radius 1 is 1.29 bits per heavy atom. The summed E-state index contributed by atoms with van der Waals surface area (Å²) < 4.78 is 6.03. The SMILES string of the molecule is CCCNC(Cc1cccc(Cl)c1Cl)C(OCC)C1CC1. The molecule has 1 aliphatic rings. The molecular formula is C17H25Cl2NO. The lowest BCUT2D eigenvalue weighted by Gasteiger charge is -2.28. The van der Waals surface area contributed by atoms with Gasteiger partial charge in [-0.1, -0.05) is 42.3 Å². The van der Waals surface area contributed by atoms with E-state index < -0.39 is 0 Å². The maximum Gasteiger partial charge on any atom is 0.0759 e. The predicted octanol–water partition coefficient (Wildman–Crippen LogP) is 4.72. The van der Waals surface area contributed by atoms with Crippen LogP contribution in [0.1, 0.15) is 38.7 Å². The van der Waals surface area contributed by atoms with Crippen LogP contribution in [0, 0.1) is 5.92 Å². The lowest BCUT2D eigenvalue weighted by Crippen LogP contribution is -2.44. The molecule has 4 heteroatoms. The first-order valence-corrected chi connectivity index (χ1v) is 8.70. The molecule has 1 aliphatic carbocycles. The molecule has 2 rings (SSSR count). The molecule has 1 aromatic rings. The van der Waals surface area contributed by atoms with Gasteiger partial charge in [0.15, 0.2) is 0 Å². The summed E-state index contributed by atoms with van der Waals surface area (Å²) in [5, 5.41) is 4.95. The van der Waals surface area contributed by atoms with Gasteiger partial charge < -0.3 is 10.1 Å². The monoisotopic (exact) mass is 329 g/mol. The zero-order chi connectivity index (χ0) is 15.2. The minimum atomic E-state index is 0.275. The van der Waals surface area contributed by atoms with Crippen LogP contribution in [-0.4, -0.2) is 25.3 Å². The zero-order valence-corrected chi connectivity index (χ0v) is 14.4. The quantitative estimate of drug-likeness (QED) is 0.707. The Morgan fingerprint density at radius 3 is 2.67 bits per heavy atom. The van der Waals surface area contributed by atoms with Gasteiger partial charge in [0.25, 0.3) is 0 Å². The highest BCUT2D eigenvalue weighted by molar-refractivity contribution is 6.42. The first-order chi connectivity index (χ1) is 10.2. The molecule has 0 bridgehead atoms. The van der Waals surface area contributed by atoms with Gasteiger partial charge in [-0.3, -0.25) is 0 Å². The van der Waals surface area contributed by atoms with Crippen molar-refractivity contribution in [2.45, 2.75) is 51.7 Å². The molecule has 2 unspecified atom stereocenters. The van der Waals surface area contributed by atoms with Crippen molar-refractivity contribution < 1.29 is 4.74 Å². The highest BCUT2D eigenvalue weighted by Gasteiger charge is 2.37. The van der Waals surface area contributed by atoms with Gasteiger partial charge in [-0.05, 0) is 56.7 Å². The molecule has 0 heterocycles. The summed E-state index contributed by atoms with van der Waals surface area (Å²) in [5.74, 6) is 0.692. The fourth-order valence-corrected chi connectivity index (χ4v) is 3.17. The molecule has 21 heavy (non-hydrogen) atoms. The van der Waals surface area contributed by atoms with Crippen LogP contribution in [-0.2, 0) is 11.2 Å². The topological polar surface area (TPSA) is 21.3 Å². The largest absolute Gasteiger partial charge is 0.377 e. The van der Waals surface area contributed by atoms with E-state index in [1.165, 1.54) is 12.8 Å². The Bertz CT molecular complexity index is 448. The summed E-state index contributed by atoms with van der Waals surface area (Å²) in [6, 6.07) is 6.16. The van der Waals surface area contributed by atoms with Gasteiger partial charge in [-0.25, -0.2) is 0 Å². The second-order valence-electron chi connectivity index (χ2n) is 5.74. The molecule has 0 aliphatic heterocycles. The van der Waals surface area contributed by atoms with Crippen LogP contribution in [0.5, 0.6) is 0 Å². The smallest absolute Gasteiger partial charge is 0.0759 e. The lowest BCUT2D eigenvalue weighted by atomic mass is 9.97. The van der Waals surface area contributed by atoms with Crippen molar-refractivity contribution in [1.29, 1.82) is 0 Å². The van der Waals surface area contributed by atoms with E-state index in [0.717, 1.165) is 31.6 Å². The van der Waals surface area contributed by atoms with Crippen molar-refractivity contribution in [3.8, 4) is 0 Å². The first kappa shape index (κ1) is 17.1. The van der Waals surface area contributed by atoms with E-state index in [1.54, 1.807) is 0 Å². The Balaban J connectivity index is 2.12. The Hall–Kier alpha value is -0.280. The summed E-state index contributed by atoms with van der Waals surface area (Å²) in [6.45, 7) is 6.01. The lowest BCUT2D eigenvalue weighted by molar-refractivity contribution is 0.0192. The summed E-state index contributed by atoms with van der Waals surface area (Å²) in [5.41, 5.74) is 1.10. The van der Waals surface area contributed by atoms with Crippen molar-refractivity contribution in [2.24, 2.45) is 5.92 Å². The number of hydrogen-bond acceptors (Lipinski definition) is 2. The second kappa shape index (κ2) is 8.38. The van der Waals surface area contributed by atoms with Crippen molar-refractivity contribution in [1.82, 2.24) is 5.32 Å². The third-order valence-electron chi connectivity index (χ3n) is 3.97. The average molecular weight is 330 g/mol. The van der Waals surface area contributed by atoms with Crippen LogP contribution >= 0.6 is 23.2 Å². The van der Waals surface area contributed by atoms with Crippen LogP contribution in [0.3, 0.4) is 0 Å². The summed E-state index contributed by atoms with van der Waals surface area (Å²) in [7, 11) is 0. The van der Waals surface area contributed by atoms with Gasteiger partial charge in [-0.2, -0.15) is 0 Å². The molecular weight excluding hydrogens is 305 g/mol. The van der Waals surface area contributed by atoms with E-state index in [1.807, 2.05) is 12.1 Å². The molecule has 2 nitrogen and oxygen atoms in total. The molecule has 2 atom stereocenters. The fourth-order valence-electron chi connectivity index (χ4n) is 2.78. The van der Waals surface area contributed by atoms with E-state index in [0.29, 0.717) is 22.0 Å². The standard InChI is InChI=1S/C17H25Cl2NO/c1-3-10-20-15(17(21-4-2)12-8-9-12)11-13-6-5-7-14(18)16(13)19/h5-7,12,15,17,20H,3-4,8-11H2,1-2H3. The van der Waals surface area contributed by atoms with Gasteiger partial charge in [0.1, 0.15) is 0 Å². The predicted molar refractivity (Wildman–Crippen MR) is 90.4 cm³/mol. The first-order valence-electron chi connectivity index (χ1n) is 7.95. The average Bonchev–Trinajstić information content (AvgIpc) is 3.30. The van der Waals surface area contributed by atoms with Crippen molar-refractivity contribution >= 4 is 23.2 Å². The molecule has 0 aromatic heterocycles. The van der Waals surface area contributed by atoms with Gasteiger partial charge in [0, 0.05) is 12.6 Å². The molecule has 1 saturated carbocycles. The normalized spacial score (nSPS) is 17.7. The highest BCUT2D eigenvalue weighted by Crippen LogP contribution is 2.37. The third-order valence-corrected chi connectivity index (χ3v) is 4.83. The molecule has 118 valence electrons. The molecule has 0 amide bonds. The minimum absolute atomic E-state index is 0.275. The number of benzene rings is 1. The minimum Gasteiger partial charge on any atom is -0.377 e. The van der Waals surface area contributed by atoms with E-state index in [4.69, 9.17) is 27.9 Å². The van der Waals surface area contributed by atoms with Gasteiger partial charge >= 0.3 is 0 Å². The van der Waals surface area contributed by atoms with Crippen molar-refractivity contribution in [3.63, 3.8) is 0 Å². The molecule has 1 N–H and O–H groups in total. The fraction of sp³-hybridized carbons (Fsp3) is 0.647. The molecule has 1 fully saturated rings. The second-order valence-corrected chi connectivity index (χ2v) is 6.52. The van der Waals surface area contributed by atoms with Crippen LogP contribution in [0.2, 0.25) is 10.0 Å². The van der Waals surface area contributed by atoms with E-state index in [2.05, 4.69) is 25.2 Å². The number of rotatable bonds is 9. The molecule has 0 spiro atoms. The Labute approximate surface area is 138 Å². The number of ether oxygens (including phenoxy) is 1. The van der Waals surface area contributed by atoms with Crippen LogP contribution in [0.4, 0.5) is 0 Å². The van der Waals surface area contributed by atoms with Gasteiger partial charge in [0.2, 0.25) is 0 Å². The van der Waals surface area contributed by atoms with Crippen LogP contribution < -0.4 is 5.32 Å². The molecule has 0 saturated heterocycles. The van der Waals surface area contributed by atoms with E-state index >= 15 is 0 Å². The maximum atomic E-state index is 6.35. The van der Waals surface area contributed by atoms with E-state index in [-0.39, 0.29) is 6.10 Å². The van der Waals surface area contributed by atoms with Crippen LogP contribution in [0.25, 0.3) is 0 Å². The van der Waals surface area contributed by atoms with Gasteiger partial charge in [0.05, 0.1) is 16.1 Å². The summed E-state index contributed by atoms with van der Waals surface area (Å²) >= 11 is 12.5. The number of hydrogen-bond donors (Lipinski definition) is 1. The number of halogens is 2. The van der Waals surface area contributed by atoms with Crippen LogP contribution in [0.15, 0.2) is 18.2 Å².